The van der Waals surface area contributed by atoms with Gasteiger partial charge in [0.25, 0.3) is 0 Å². The fourth-order valence-electron chi connectivity index (χ4n) is 1.73. The fraction of sp³-hybridized carbons (Fsp3) is 0.545. The summed E-state index contributed by atoms with van der Waals surface area (Å²) in [6.07, 6.45) is 0.399. The molecule has 2 rings (SSSR count). The number of hydrogen-bond donors (Lipinski definition) is 0. The van der Waals surface area contributed by atoms with E-state index < -0.39 is 5.97 Å². The van der Waals surface area contributed by atoms with Crippen LogP contribution in [0, 0.1) is 6.92 Å². The van der Waals surface area contributed by atoms with Crippen molar-refractivity contribution in [1.82, 2.24) is 4.98 Å². The lowest BCUT2D eigenvalue weighted by atomic mass is 10.4. The molecule has 0 bridgehead atoms. The minimum Gasteiger partial charge on any atom is -0.460 e. The van der Waals surface area contributed by atoms with Crippen molar-refractivity contribution >= 4 is 33.8 Å². The molecule has 0 spiro atoms. The number of carbonyl (C=O) groups is 2. The number of amides is 1. The quantitative estimate of drug-likeness (QED) is 0.626. The molecular formula is C11H13BrN2O4. The fourth-order valence-corrected chi connectivity index (χ4v) is 2.30. The van der Waals surface area contributed by atoms with Gasteiger partial charge in [-0.25, -0.2) is 4.79 Å². The molecule has 1 aliphatic rings. The second-order valence-corrected chi connectivity index (χ2v) is 5.23. The number of alkyl halides is 1. The van der Waals surface area contributed by atoms with Crippen molar-refractivity contribution in [1.29, 1.82) is 0 Å². The van der Waals surface area contributed by atoms with Crippen LogP contribution in [0.1, 0.15) is 29.6 Å². The number of carbonyl (C=O) groups excluding carboxylic acids is 2. The molecule has 1 saturated heterocycles. The van der Waals surface area contributed by atoms with Crippen molar-refractivity contribution in [3.63, 3.8) is 0 Å². The highest BCUT2D eigenvalue weighted by molar-refractivity contribution is 9.09. The highest BCUT2D eigenvalue weighted by Crippen LogP contribution is 2.26. The number of ether oxygens (including phenoxy) is 1. The summed E-state index contributed by atoms with van der Waals surface area (Å²) in [7, 11) is 0. The number of anilines is 1. The molecule has 2 heterocycles. The SMILES string of the molecule is CCOC(=O)c1oc(N2CC(Br)CC2=O)nc1C. The Balaban J connectivity index is 2.23. The summed E-state index contributed by atoms with van der Waals surface area (Å²) in [5, 5.41) is 0. The largest absolute Gasteiger partial charge is 0.460 e. The van der Waals surface area contributed by atoms with Gasteiger partial charge in [0.2, 0.25) is 11.7 Å². The Labute approximate surface area is 112 Å². The minimum atomic E-state index is -0.559. The first kappa shape index (κ1) is 13.1. The van der Waals surface area contributed by atoms with Crippen LogP contribution in [0.4, 0.5) is 6.01 Å². The number of nitrogens with zero attached hydrogens (tertiary/aromatic N) is 2. The van der Waals surface area contributed by atoms with Crippen molar-refractivity contribution < 1.29 is 18.7 Å². The van der Waals surface area contributed by atoms with Gasteiger partial charge in [0, 0.05) is 17.8 Å². The second-order valence-electron chi connectivity index (χ2n) is 3.94. The summed E-state index contributed by atoms with van der Waals surface area (Å²) < 4.78 is 10.2. The zero-order chi connectivity index (χ0) is 13.3. The van der Waals surface area contributed by atoms with Gasteiger partial charge in [0.1, 0.15) is 0 Å². The van der Waals surface area contributed by atoms with Crippen LogP contribution in [0.2, 0.25) is 0 Å². The van der Waals surface area contributed by atoms with Crippen molar-refractivity contribution in [2.75, 3.05) is 18.1 Å². The number of esters is 1. The van der Waals surface area contributed by atoms with E-state index in [1.165, 1.54) is 4.90 Å². The van der Waals surface area contributed by atoms with E-state index in [0.717, 1.165) is 0 Å². The molecule has 1 atom stereocenters. The van der Waals surface area contributed by atoms with Crippen LogP contribution in [0.15, 0.2) is 4.42 Å². The van der Waals surface area contributed by atoms with Gasteiger partial charge in [0.05, 0.1) is 12.3 Å². The highest BCUT2D eigenvalue weighted by atomic mass is 79.9. The predicted molar refractivity (Wildman–Crippen MR) is 66.9 cm³/mol. The highest BCUT2D eigenvalue weighted by Gasteiger charge is 2.33. The van der Waals surface area contributed by atoms with E-state index in [4.69, 9.17) is 9.15 Å². The van der Waals surface area contributed by atoms with Crippen molar-refractivity contribution in [3.05, 3.63) is 11.5 Å². The van der Waals surface area contributed by atoms with Gasteiger partial charge >= 0.3 is 12.0 Å². The number of halogens is 1. The van der Waals surface area contributed by atoms with Crippen LogP contribution >= 0.6 is 15.9 Å². The van der Waals surface area contributed by atoms with Crippen LogP contribution < -0.4 is 4.90 Å². The molecule has 0 aliphatic carbocycles. The first-order valence-corrected chi connectivity index (χ1v) is 6.53. The van der Waals surface area contributed by atoms with Crippen LogP contribution in [-0.4, -0.2) is 34.8 Å². The van der Waals surface area contributed by atoms with Gasteiger partial charge in [-0.1, -0.05) is 15.9 Å². The van der Waals surface area contributed by atoms with Crippen LogP contribution in [0.25, 0.3) is 0 Å². The van der Waals surface area contributed by atoms with Gasteiger partial charge in [-0.15, -0.1) is 0 Å². The molecular weight excluding hydrogens is 304 g/mol. The Bertz CT molecular complexity index is 485. The van der Waals surface area contributed by atoms with E-state index in [2.05, 4.69) is 20.9 Å². The topological polar surface area (TPSA) is 72.6 Å². The van der Waals surface area contributed by atoms with E-state index >= 15 is 0 Å². The first-order valence-electron chi connectivity index (χ1n) is 5.62. The first-order chi connectivity index (χ1) is 8.52. The van der Waals surface area contributed by atoms with Gasteiger partial charge in [0.15, 0.2) is 0 Å². The number of oxazole rings is 1. The number of rotatable bonds is 3. The van der Waals surface area contributed by atoms with Gasteiger partial charge < -0.3 is 9.15 Å². The molecule has 1 aromatic heterocycles. The van der Waals surface area contributed by atoms with Gasteiger partial charge in [-0.3, -0.25) is 9.69 Å². The Kier molecular flexibility index (Phi) is 3.70. The average molecular weight is 317 g/mol. The summed E-state index contributed by atoms with van der Waals surface area (Å²) in [4.78, 5) is 28.9. The Morgan fingerprint density at radius 1 is 1.67 bits per heavy atom. The lowest BCUT2D eigenvalue weighted by Crippen LogP contribution is -2.24. The molecule has 0 N–H and O–H groups in total. The Morgan fingerprint density at radius 2 is 2.39 bits per heavy atom. The van der Waals surface area contributed by atoms with Crippen LogP contribution in [-0.2, 0) is 9.53 Å². The van der Waals surface area contributed by atoms with E-state index in [9.17, 15) is 9.59 Å². The third-order valence-electron chi connectivity index (χ3n) is 2.55. The van der Waals surface area contributed by atoms with Crippen molar-refractivity contribution in [2.24, 2.45) is 0 Å². The Morgan fingerprint density at radius 3 is 2.94 bits per heavy atom. The molecule has 1 unspecified atom stereocenters. The van der Waals surface area contributed by atoms with Crippen LogP contribution in [0.5, 0.6) is 0 Å². The summed E-state index contributed by atoms with van der Waals surface area (Å²) >= 11 is 3.37. The van der Waals surface area contributed by atoms with Crippen LogP contribution in [0.3, 0.4) is 0 Å². The monoisotopic (exact) mass is 316 g/mol. The molecule has 1 amide bonds. The Hall–Kier alpha value is -1.37. The molecule has 6 nitrogen and oxygen atoms in total. The minimum absolute atomic E-state index is 0.0534. The summed E-state index contributed by atoms with van der Waals surface area (Å²) in [6.45, 7) is 4.11. The normalized spacial score (nSPS) is 19.4. The lowest BCUT2D eigenvalue weighted by Gasteiger charge is -2.09. The molecule has 1 aromatic rings. The summed E-state index contributed by atoms with van der Waals surface area (Å²) in [5.74, 6) is -0.581. The maximum absolute atomic E-state index is 11.7. The number of hydrogen-bond acceptors (Lipinski definition) is 5. The average Bonchev–Trinajstić information content (AvgIpc) is 2.82. The lowest BCUT2D eigenvalue weighted by molar-refractivity contribution is -0.117. The molecule has 0 radical (unpaired) electrons. The summed E-state index contributed by atoms with van der Waals surface area (Å²) in [6, 6.07) is 0.155. The predicted octanol–water partition coefficient (Wildman–Crippen LogP) is 1.66. The van der Waals surface area contributed by atoms with Crippen molar-refractivity contribution in [3.8, 4) is 0 Å². The maximum Gasteiger partial charge on any atom is 0.376 e. The third-order valence-corrected chi connectivity index (χ3v) is 3.17. The van der Waals surface area contributed by atoms with E-state index in [-0.39, 0.29) is 29.1 Å². The van der Waals surface area contributed by atoms with Gasteiger partial charge in [-0.05, 0) is 13.8 Å². The smallest absolute Gasteiger partial charge is 0.376 e. The molecule has 7 heteroatoms. The molecule has 0 saturated carbocycles. The maximum atomic E-state index is 11.7. The molecule has 98 valence electrons. The zero-order valence-electron chi connectivity index (χ0n) is 10.1. The van der Waals surface area contributed by atoms with Gasteiger partial charge in [-0.2, -0.15) is 4.98 Å². The van der Waals surface area contributed by atoms with E-state index in [1.807, 2.05) is 0 Å². The molecule has 1 fully saturated rings. The third kappa shape index (κ3) is 2.40. The molecule has 18 heavy (non-hydrogen) atoms. The molecule has 0 aromatic carbocycles. The second kappa shape index (κ2) is 5.09. The van der Waals surface area contributed by atoms with Crippen molar-refractivity contribution in [2.45, 2.75) is 25.1 Å². The van der Waals surface area contributed by atoms with E-state index in [0.29, 0.717) is 18.7 Å². The number of aromatic nitrogens is 1. The number of aryl methyl sites for hydroxylation is 1. The zero-order valence-corrected chi connectivity index (χ0v) is 11.7. The molecule has 1 aliphatic heterocycles. The summed E-state index contributed by atoms with van der Waals surface area (Å²) in [5.41, 5.74) is 0.425. The van der Waals surface area contributed by atoms with E-state index in [1.54, 1.807) is 13.8 Å². The standard InChI is InChI=1S/C11H13BrN2O4/c1-3-17-10(16)9-6(2)13-11(18-9)14-5-7(12)4-8(14)15/h7H,3-5H2,1-2H3.